The van der Waals surface area contributed by atoms with Gasteiger partial charge in [-0.25, -0.2) is 0 Å². The molecule has 1 unspecified atom stereocenters. The van der Waals surface area contributed by atoms with Crippen LogP contribution >= 0.6 is 0 Å². The number of carbonyl (C=O) groups is 1. The molecule has 0 radical (unpaired) electrons. The second kappa shape index (κ2) is 6.40. The zero-order chi connectivity index (χ0) is 14.6. The van der Waals surface area contributed by atoms with Gasteiger partial charge in [0.1, 0.15) is 0 Å². The Labute approximate surface area is 122 Å². The first-order valence-electron chi connectivity index (χ1n) is 7.65. The lowest BCUT2D eigenvalue weighted by molar-refractivity contribution is -0.123. The average molecular weight is 274 g/mol. The highest BCUT2D eigenvalue weighted by Gasteiger charge is 2.25. The third-order valence-electron chi connectivity index (χ3n) is 4.13. The van der Waals surface area contributed by atoms with Crippen molar-refractivity contribution < 1.29 is 4.79 Å². The first-order valence-corrected chi connectivity index (χ1v) is 7.65. The molecule has 1 amide bonds. The van der Waals surface area contributed by atoms with Crippen LogP contribution in [0.15, 0.2) is 24.3 Å². The molecular formula is C17H26N2O. The molecule has 1 fully saturated rings. The van der Waals surface area contributed by atoms with Crippen LogP contribution in [0.3, 0.4) is 0 Å². The third-order valence-corrected chi connectivity index (χ3v) is 4.13. The van der Waals surface area contributed by atoms with Crippen LogP contribution in [0.4, 0.5) is 0 Å². The molecule has 0 spiro atoms. The summed E-state index contributed by atoms with van der Waals surface area (Å²) in [5, 5.41) is 6.53. The number of aryl methyl sites for hydroxylation is 1. The molecule has 1 aromatic rings. The van der Waals surface area contributed by atoms with Crippen molar-refractivity contribution >= 4 is 5.91 Å². The lowest BCUT2D eigenvalue weighted by atomic mass is 9.92. The summed E-state index contributed by atoms with van der Waals surface area (Å²) in [6, 6.07) is 8.87. The van der Waals surface area contributed by atoms with Crippen LogP contribution in [0.2, 0.25) is 0 Å². The predicted molar refractivity (Wildman–Crippen MR) is 82.6 cm³/mol. The van der Waals surface area contributed by atoms with Crippen LogP contribution in [0.5, 0.6) is 0 Å². The van der Waals surface area contributed by atoms with Crippen LogP contribution in [-0.2, 0) is 16.8 Å². The summed E-state index contributed by atoms with van der Waals surface area (Å²) in [6.45, 7) is 7.32. The molecule has 1 aromatic carbocycles. The van der Waals surface area contributed by atoms with E-state index in [-0.39, 0.29) is 11.4 Å². The maximum absolute atomic E-state index is 12.2. The standard InChI is InChI=1S/C17H26N2O/c1-4-13-7-9-14(10-8-13)17(2,3)19-16(20)12-15-6-5-11-18-15/h7-10,15,18H,4-6,11-12H2,1-3H3,(H,19,20). The summed E-state index contributed by atoms with van der Waals surface area (Å²) < 4.78 is 0. The maximum atomic E-state index is 12.2. The van der Waals surface area contributed by atoms with Crippen LogP contribution in [-0.4, -0.2) is 18.5 Å². The van der Waals surface area contributed by atoms with E-state index < -0.39 is 0 Å². The Balaban J connectivity index is 1.95. The van der Waals surface area contributed by atoms with E-state index in [1.807, 2.05) is 0 Å². The van der Waals surface area contributed by atoms with Gasteiger partial charge in [0.05, 0.1) is 5.54 Å². The van der Waals surface area contributed by atoms with Crippen LogP contribution in [0, 0.1) is 0 Å². The highest BCUT2D eigenvalue weighted by atomic mass is 16.1. The quantitative estimate of drug-likeness (QED) is 0.867. The summed E-state index contributed by atoms with van der Waals surface area (Å²) in [5.41, 5.74) is 2.16. The van der Waals surface area contributed by atoms with Gasteiger partial charge in [-0.3, -0.25) is 4.79 Å². The van der Waals surface area contributed by atoms with Crippen molar-refractivity contribution in [3.05, 3.63) is 35.4 Å². The van der Waals surface area contributed by atoms with Gasteiger partial charge in [0.25, 0.3) is 0 Å². The molecule has 3 heteroatoms. The minimum Gasteiger partial charge on any atom is -0.347 e. The molecule has 0 aliphatic carbocycles. The van der Waals surface area contributed by atoms with Gasteiger partial charge in [0.2, 0.25) is 5.91 Å². The number of nitrogens with one attached hydrogen (secondary N) is 2. The molecule has 0 saturated carbocycles. The average Bonchev–Trinajstić information content (AvgIpc) is 2.91. The normalized spacial score (nSPS) is 19.1. The summed E-state index contributed by atoms with van der Waals surface area (Å²) >= 11 is 0. The number of carbonyl (C=O) groups excluding carboxylic acids is 1. The first-order chi connectivity index (χ1) is 9.51. The number of hydrogen-bond donors (Lipinski definition) is 2. The molecule has 0 bridgehead atoms. The highest BCUT2D eigenvalue weighted by molar-refractivity contribution is 5.77. The Hall–Kier alpha value is -1.35. The molecular weight excluding hydrogens is 248 g/mol. The van der Waals surface area contributed by atoms with Crippen molar-refractivity contribution in [2.24, 2.45) is 0 Å². The molecule has 1 saturated heterocycles. The van der Waals surface area contributed by atoms with E-state index in [1.165, 1.54) is 12.0 Å². The van der Waals surface area contributed by atoms with E-state index >= 15 is 0 Å². The van der Waals surface area contributed by atoms with Crippen LogP contribution < -0.4 is 10.6 Å². The monoisotopic (exact) mass is 274 g/mol. The van der Waals surface area contributed by atoms with Crippen molar-refractivity contribution in [2.45, 2.75) is 58.0 Å². The van der Waals surface area contributed by atoms with Gasteiger partial charge in [0, 0.05) is 12.5 Å². The van der Waals surface area contributed by atoms with E-state index in [9.17, 15) is 4.79 Å². The summed E-state index contributed by atoms with van der Waals surface area (Å²) in [6.07, 6.45) is 3.91. The number of amides is 1. The second-order valence-corrected chi connectivity index (χ2v) is 6.22. The van der Waals surface area contributed by atoms with Crippen LogP contribution in [0.1, 0.15) is 51.2 Å². The lowest BCUT2D eigenvalue weighted by Gasteiger charge is -2.28. The molecule has 1 heterocycles. The fourth-order valence-electron chi connectivity index (χ4n) is 2.78. The summed E-state index contributed by atoms with van der Waals surface area (Å²) in [7, 11) is 0. The number of rotatable bonds is 5. The first kappa shape index (κ1) is 15.0. The SMILES string of the molecule is CCc1ccc(C(C)(C)NC(=O)CC2CCCN2)cc1. The molecule has 3 nitrogen and oxygen atoms in total. The predicted octanol–water partition coefficient (Wildman–Crippen LogP) is 2.74. The minimum absolute atomic E-state index is 0.133. The second-order valence-electron chi connectivity index (χ2n) is 6.22. The van der Waals surface area contributed by atoms with E-state index in [1.54, 1.807) is 0 Å². The molecule has 1 aliphatic heterocycles. The molecule has 2 rings (SSSR count). The van der Waals surface area contributed by atoms with Gasteiger partial charge in [0.15, 0.2) is 0 Å². The summed E-state index contributed by atoms with van der Waals surface area (Å²) in [4.78, 5) is 12.2. The van der Waals surface area contributed by atoms with Crippen molar-refractivity contribution in [3.63, 3.8) is 0 Å². The molecule has 1 atom stereocenters. The minimum atomic E-state index is -0.318. The van der Waals surface area contributed by atoms with Crippen LogP contribution in [0.25, 0.3) is 0 Å². The maximum Gasteiger partial charge on any atom is 0.222 e. The fourth-order valence-corrected chi connectivity index (χ4v) is 2.78. The largest absolute Gasteiger partial charge is 0.347 e. The number of benzene rings is 1. The smallest absolute Gasteiger partial charge is 0.222 e. The van der Waals surface area contributed by atoms with Crippen molar-refractivity contribution in [1.82, 2.24) is 10.6 Å². The Morgan fingerprint density at radius 1 is 1.35 bits per heavy atom. The molecule has 110 valence electrons. The van der Waals surface area contributed by atoms with E-state index in [0.29, 0.717) is 12.5 Å². The Kier molecular flexibility index (Phi) is 4.81. The fraction of sp³-hybridized carbons (Fsp3) is 0.588. The van der Waals surface area contributed by atoms with Crippen molar-refractivity contribution in [2.75, 3.05) is 6.54 Å². The van der Waals surface area contributed by atoms with Gasteiger partial charge in [-0.1, -0.05) is 31.2 Å². The van der Waals surface area contributed by atoms with Crippen molar-refractivity contribution in [1.29, 1.82) is 0 Å². The van der Waals surface area contributed by atoms with Gasteiger partial charge in [-0.15, -0.1) is 0 Å². The van der Waals surface area contributed by atoms with Gasteiger partial charge in [-0.05, 0) is 50.8 Å². The number of hydrogen-bond acceptors (Lipinski definition) is 2. The Bertz CT molecular complexity index is 445. The molecule has 1 aliphatic rings. The van der Waals surface area contributed by atoms with Gasteiger partial charge >= 0.3 is 0 Å². The zero-order valence-corrected chi connectivity index (χ0v) is 12.8. The third kappa shape index (κ3) is 3.83. The molecule has 0 aromatic heterocycles. The lowest BCUT2D eigenvalue weighted by Crippen LogP contribution is -2.43. The molecule has 20 heavy (non-hydrogen) atoms. The van der Waals surface area contributed by atoms with E-state index in [4.69, 9.17) is 0 Å². The van der Waals surface area contributed by atoms with E-state index in [2.05, 4.69) is 55.7 Å². The molecule has 2 N–H and O–H groups in total. The Morgan fingerprint density at radius 3 is 2.60 bits per heavy atom. The van der Waals surface area contributed by atoms with Crippen molar-refractivity contribution in [3.8, 4) is 0 Å². The zero-order valence-electron chi connectivity index (χ0n) is 12.8. The van der Waals surface area contributed by atoms with Gasteiger partial charge < -0.3 is 10.6 Å². The van der Waals surface area contributed by atoms with Gasteiger partial charge in [-0.2, -0.15) is 0 Å². The summed E-state index contributed by atoms with van der Waals surface area (Å²) in [5.74, 6) is 0.133. The highest BCUT2D eigenvalue weighted by Crippen LogP contribution is 2.21. The van der Waals surface area contributed by atoms with E-state index in [0.717, 1.165) is 24.9 Å². The topological polar surface area (TPSA) is 41.1 Å². The Morgan fingerprint density at radius 2 is 2.05 bits per heavy atom.